The Balaban J connectivity index is 0.000000336. The summed E-state index contributed by atoms with van der Waals surface area (Å²) in [5.41, 5.74) is 9.57. The number of benzene rings is 1. The highest BCUT2D eigenvalue weighted by molar-refractivity contribution is 9.12. The Morgan fingerprint density at radius 3 is 2.47 bits per heavy atom. The summed E-state index contributed by atoms with van der Waals surface area (Å²) in [7, 11) is 5.39. The van der Waals surface area contributed by atoms with Crippen molar-refractivity contribution in [3.63, 3.8) is 0 Å². The molecule has 2 unspecified atom stereocenters. The Morgan fingerprint density at radius 1 is 1.34 bits per heavy atom. The summed E-state index contributed by atoms with van der Waals surface area (Å²) in [5.74, 6) is 1.13. The molecule has 2 aromatic rings. The summed E-state index contributed by atoms with van der Waals surface area (Å²) < 4.78 is 15.0. The van der Waals surface area contributed by atoms with Crippen LogP contribution in [0.5, 0.6) is 0 Å². The van der Waals surface area contributed by atoms with E-state index in [1.807, 2.05) is 13.2 Å². The van der Waals surface area contributed by atoms with E-state index in [1.165, 1.54) is 17.7 Å². The average molecular weight is 611 g/mol. The van der Waals surface area contributed by atoms with Crippen LogP contribution < -0.4 is 16.4 Å². The number of hydrogen-bond donors (Lipinski definition) is 4. The number of nitrogen functional groups attached to an aromatic ring is 1. The van der Waals surface area contributed by atoms with Gasteiger partial charge in [0.2, 0.25) is 0 Å². The lowest BCUT2D eigenvalue weighted by molar-refractivity contribution is 0.0778. The zero-order valence-corrected chi connectivity index (χ0v) is 25.0. The summed E-state index contributed by atoms with van der Waals surface area (Å²) in [6.45, 7) is 4.22. The number of aldehydes is 1. The van der Waals surface area contributed by atoms with E-state index in [0.717, 1.165) is 59.8 Å². The topological polar surface area (TPSA) is 105 Å². The molecule has 1 aromatic heterocycles. The number of aryl methyl sites for hydroxylation is 1. The van der Waals surface area contributed by atoms with E-state index >= 15 is 0 Å². The Kier molecular flexibility index (Phi) is 10.1. The van der Waals surface area contributed by atoms with E-state index in [2.05, 4.69) is 45.5 Å². The number of nitrogens with one attached hydrogen (secondary N) is 2. The van der Waals surface area contributed by atoms with Crippen molar-refractivity contribution in [2.45, 2.75) is 57.5 Å². The molecule has 2 saturated carbocycles. The van der Waals surface area contributed by atoms with Crippen LogP contribution in [0, 0.1) is 17.7 Å². The molecule has 1 aromatic carbocycles. The lowest BCUT2D eigenvalue weighted by Gasteiger charge is -2.30. The molecule has 4 rings (SSSR count). The number of hydrogen-bond acceptors (Lipinski definition) is 6. The average Bonchev–Trinajstić information content (AvgIpc) is 3.50. The van der Waals surface area contributed by atoms with Gasteiger partial charge in [-0.05, 0) is 90.6 Å². The van der Waals surface area contributed by atoms with Gasteiger partial charge in [-0.3, -0.25) is 9.48 Å². The molecule has 2 fully saturated rings. The number of halogens is 3. The molecule has 10 heteroatoms. The van der Waals surface area contributed by atoms with Gasteiger partial charge in [-0.1, -0.05) is 24.1 Å². The second-order valence-corrected chi connectivity index (χ2v) is 11.5. The van der Waals surface area contributed by atoms with Gasteiger partial charge in [-0.25, -0.2) is 4.39 Å². The van der Waals surface area contributed by atoms with Crippen LogP contribution in [-0.4, -0.2) is 40.9 Å². The summed E-state index contributed by atoms with van der Waals surface area (Å²) in [6.07, 6.45) is 6.99. The molecule has 208 valence electrons. The van der Waals surface area contributed by atoms with Crippen LogP contribution in [0.4, 0.5) is 15.9 Å². The van der Waals surface area contributed by atoms with Gasteiger partial charge in [0.1, 0.15) is 11.6 Å². The molecule has 38 heavy (non-hydrogen) atoms. The maximum Gasteiger partial charge on any atom is 0.155 e. The van der Waals surface area contributed by atoms with Crippen LogP contribution in [0.15, 0.2) is 40.0 Å². The van der Waals surface area contributed by atoms with E-state index in [4.69, 9.17) is 17.3 Å². The predicted octanol–water partition coefficient (Wildman–Crippen LogP) is 6.15. The zero-order chi connectivity index (χ0) is 28.2. The highest BCUT2D eigenvalue weighted by Gasteiger charge is 2.51. The monoisotopic (exact) mass is 609 g/mol. The minimum absolute atomic E-state index is 0.145. The van der Waals surface area contributed by atoms with Crippen LogP contribution in [0.25, 0.3) is 0 Å². The van der Waals surface area contributed by atoms with Gasteiger partial charge in [0.25, 0.3) is 0 Å². The molecule has 0 bridgehead atoms. The molecule has 0 saturated heterocycles. The molecule has 2 aliphatic carbocycles. The number of carbonyl (C=O) groups excluding carboxylic acids is 1. The molecule has 0 amide bonds. The third-order valence-electron chi connectivity index (χ3n) is 7.84. The second-order valence-electron chi connectivity index (χ2n) is 10.2. The number of fused-ring (bicyclic) bond motifs is 1. The molecular weight excluding hydrogens is 573 g/mol. The molecule has 0 aliphatic heterocycles. The normalized spacial score (nSPS) is 25.3. The van der Waals surface area contributed by atoms with Crippen molar-refractivity contribution >= 4 is 45.3 Å². The van der Waals surface area contributed by atoms with Crippen molar-refractivity contribution in [2.75, 3.05) is 25.1 Å². The third-order valence-corrected chi connectivity index (χ3v) is 8.76. The Labute approximate surface area is 237 Å². The maximum atomic E-state index is 12.5. The lowest BCUT2D eigenvalue weighted by atomic mass is 9.84. The highest BCUT2D eigenvalue weighted by atomic mass is 79.9. The molecule has 1 heterocycles. The highest BCUT2D eigenvalue weighted by Crippen LogP contribution is 2.57. The fourth-order valence-corrected chi connectivity index (χ4v) is 7.05. The predicted molar refractivity (Wildman–Crippen MR) is 156 cm³/mol. The Bertz CT molecular complexity index is 1210. The van der Waals surface area contributed by atoms with Crippen molar-refractivity contribution in [1.82, 2.24) is 15.1 Å². The summed E-state index contributed by atoms with van der Waals surface area (Å²) >= 11 is 9.14. The molecular formula is C28H38BrClFN5O2. The van der Waals surface area contributed by atoms with Crippen molar-refractivity contribution in [3.8, 4) is 0 Å². The number of aromatic nitrogens is 2. The quantitative estimate of drug-likeness (QED) is 0.221. The van der Waals surface area contributed by atoms with Crippen LogP contribution in [0.2, 0.25) is 5.02 Å². The molecule has 5 N–H and O–H groups in total. The van der Waals surface area contributed by atoms with E-state index < -0.39 is 5.60 Å². The number of carbonyl (C=O) groups is 1. The Morgan fingerprint density at radius 2 is 1.97 bits per heavy atom. The van der Waals surface area contributed by atoms with E-state index in [0.29, 0.717) is 23.2 Å². The number of anilines is 2. The minimum Gasteiger partial charge on any atom is -0.393 e. The first-order valence-electron chi connectivity index (χ1n) is 12.9. The first-order valence-corrected chi connectivity index (χ1v) is 14.0. The standard InChI is InChI=1S/C21H31BrN4O2.C7H7ClFN/c1-5-12(2)18(17(22)10-24-3)21(28)8-14-6-13(7-15(14)9-21)19-16(11-27)20(23)26(4)25-19;1-10-5-2-3-7(9)6(8)4-5/h10-11,13-15,24,28H,5-9,23H2,1-4H3;2-4,10H,1H3/b17-10+,18-12-;. The second kappa shape index (κ2) is 12.7. The Hall–Kier alpha value is -2.36. The van der Waals surface area contributed by atoms with Crippen molar-refractivity contribution in [2.24, 2.45) is 18.9 Å². The summed E-state index contributed by atoms with van der Waals surface area (Å²) in [5, 5.41) is 22.2. The molecule has 2 atom stereocenters. The number of rotatable bonds is 7. The van der Waals surface area contributed by atoms with E-state index in [-0.39, 0.29) is 16.8 Å². The lowest BCUT2D eigenvalue weighted by Crippen LogP contribution is -2.30. The summed E-state index contributed by atoms with van der Waals surface area (Å²) in [4.78, 5) is 11.5. The molecule has 0 spiro atoms. The number of aliphatic hydroxyl groups is 1. The van der Waals surface area contributed by atoms with Crippen LogP contribution in [0.3, 0.4) is 0 Å². The van der Waals surface area contributed by atoms with Gasteiger partial charge in [0.15, 0.2) is 6.29 Å². The van der Waals surface area contributed by atoms with Gasteiger partial charge >= 0.3 is 0 Å². The van der Waals surface area contributed by atoms with Crippen LogP contribution in [-0.2, 0) is 7.05 Å². The number of allylic oxidation sites excluding steroid dienone is 1. The largest absolute Gasteiger partial charge is 0.393 e. The van der Waals surface area contributed by atoms with Crippen molar-refractivity contribution in [1.29, 1.82) is 0 Å². The SMILES string of the molecule is CC/C(C)=C(/C(Br)=C\NC)C1(O)CC2CC(c3nn(C)c(N)c3C=O)CC2C1.CNc1ccc(F)c(Cl)c1. The van der Waals surface area contributed by atoms with E-state index in [1.54, 1.807) is 24.8 Å². The van der Waals surface area contributed by atoms with Crippen molar-refractivity contribution < 1.29 is 14.3 Å². The maximum absolute atomic E-state index is 12.5. The molecule has 2 aliphatic rings. The van der Waals surface area contributed by atoms with Crippen LogP contribution >= 0.6 is 27.5 Å². The van der Waals surface area contributed by atoms with Crippen LogP contribution in [0.1, 0.15) is 67.9 Å². The van der Waals surface area contributed by atoms with Gasteiger partial charge in [-0.15, -0.1) is 0 Å². The van der Waals surface area contributed by atoms with Crippen molar-refractivity contribution in [3.05, 3.63) is 62.1 Å². The van der Waals surface area contributed by atoms with E-state index in [9.17, 15) is 14.3 Å². The van der Waals surface area contributed by atoms with Gasteiger partial charge in [0.05, 0.1) is 21.9 Å². The van der Waals surface area contributed by atoms with Gasteiger partial charge in [0, 0.05) is 43.4 Å². The third kappa shape index (κ3) is 6.26. The minimum atomic E-state index is -0.816. The number of nitrogens with two attached hydrogens (primary N) is 1. The fourth-order valence-electron chi connectivity index (χ4n) is 5.94. The number of nitrogens with zero attached hydrogens (tertiary/aromatic N) is 2. The summed E-state index contributed by atoms with van der Waals surface area (Å²) in [6, 6.07) is 4.49. The molecule has 0 radical (unpaired) electrons. The fraction of sp³-hybridized carbons (Fsp3) is 0.500. The first kappa shape index (κ1) is 30.2. The first-order chi connectivity index (χ1) is 18.0. The van der Waals surface area contributed by atoms with Gasteiger partial charge < -0.3 is 21.5 Å². The zero-order valence-electron chi connectivity index (χ0n) is 22.6. The molecule has 7 nitrogen and oxygen atoms in total. The van der Waals surface area contributed by atoms with Gasteiger partial charge in [-0.2, -0.15) is 5.10 Å². The smallest absolute Gasteiger partial charge is 0.155 e.